The molecule has 7 N–H and O–H groups in total. The molecule has 10 heteroatoms. The van der Waals surface area contributed by atoms with Crippen molar-refractivity contribution in [2.45, 2.75) is 30.7 Å². The van der Waals surface area contributed by atoms with Gasteiger partial charge in [-0.05, 0) is 35.9 Å². The van der Waals surface area contributed by atoms with Gasteiger partial charge in [0, 0.05) is 6.07 Å². The van der Waals surface area contributed by atoms with Gasteiger partial charge in [0.2, 0.25) is 6.29 Å². The molecule has 0 spiro atoms. The van der Waals surface area contributed by atoms with Crippen molar-refractivity contribution in [1.29, 1.82) is 0 Å². The van der Waals surface area contributed by atoms with Crippen molar-refractivity contribution in [2.24, 2.45) is 0 Å². The van der Waals surface area contributed by atoms with Gasteiger partial charge in [0.05, 0.1) is 12.2 Å². The molecule has 5 atom stereocenters. The number of hydrogen-bond acceptors (Lipinski definition) is 10. The highest BCUT2D eigenvalue weighted by Gasteiger charge is 2.44. The number of phenolic OH excluding ortho intramolecular Hbond substituents is 3. The molecule has 0 aliphatic carbocycles. The normalized spacial score (nSPS) is 26.1. The maximum absolute atomic E-state index is 12.4. The van der Waals surface area contributed by atoms with Crippen LogP contribution in [-0.2, 0) is 4.74 Å². The number of allylic oxidation sites excluding steroid dienone is 1. The zero-order valence-electron chi connectivity index (χ0n) is 16.1. The Morgan fingerprint density at radius 2 is 1.68 bits per heavy atom. The number of ketones is 1. The maximum Gasteiger partial charge on any atom is 0.229 e. The Kier molecular flexibility index (Phi) is 6.78. The van der Waals surface area contributed by atoms with Gasteiger partial charge in [-0.2, -0.15) is 0 Å². The van der Waals surface area contributed by atoms with Crippen molar-refractivity contribution in [1.82, 2.24) is 0 Å². The van der Waals surface area contributed by atoms with Gasteiger partial charge in [0.25, 0.3) is 0 Å². The summed E-state index contributed by atoms with van der Waals surface area (Å²) in [6.07, 6.45) is -4.80. The molecule has 0 bridgehead atoms. The summed E-state index contributed by atoms with van der Waals surface area (Å²) in [4.78, 5) is 12.4. The first-order valence-electron chi connectivity index (χ1n) is 9.26. The number of aromatic hydroxyl groups is 3. The van der Waals surface area contributed by atoms with E-state index in [0.717, 1.165) is 6.07 Å². The molecular formula is C21H22O10. The Balaban J connectivity index is 1.71. The van der Waals surface area contributed by atoms with Crippen LogP contribution in [0.3, 0.4) is 0 Å². The average Bonchev–Trinajstić information content (AvgIpc) is 2.74. The molecule has 0 radical (unpaired) electrons. The summed E-state index contributed by atoms with van der Waals surface area (Å²) in [5.41, 5.74) is 0.395. The van der Waals surface area contributed by atoms with E-state index in [1.807, 2.05) is 0 Å². The first-order valence-corrected chi connectivity index (χ1v) is 9.26. The first-order chi connectivity index (χ1) is 14.7. The predicted octanol–water partition coefficient (Wildman–Crippen LogP) is -0.122. The molecule has 2 aromatic rings. The third-order valence-electron chi connectivity index (χ3n) is 4.76. The molecule has 2 aromatic carbocycles. The summed E-state index contributed by atoms with van der Waals surface area (Å²) in [6.45, 7) is -0.616. The lowest BCUT2D eigenvalue weighted by molar-refractivity contribution is -0.277. The van der Waals surface area contributed by atoms with Crippen LogP contribution in [0.25, 0.3) is 6.08 Å². The minimum atomic E-state index is -1.62. The Morgan fingerprint density at radius 3 is 2.32 bits per heavy atom. The van der Waals surface area contributed by atoms with Gasteiger partial charge in [0.15, 0.2) is 17.3 Å². The monoisotopic (exact) mass is 434 g/mol. The highest BCUT2D eigenvalue weighted by molar-refractivity contribution is 6.08. The molecule has 0 aromatic heterocycles. The minimum Gasteiger partial charge on any atom is -0.507 e. The molecule has 1 aliphatic rings. The molecule has 5 unspecified atom stereocenters. The molecule has 1 saturated heterocycles. The van der Waals surface area contributed by atoms with Crippen LogP contribution in [0, 0.1) is 0 Å². The lowest BCUT2D eigenvalue weighted by Crippen LogP contribution is -2.60. The fourth-order valence-corrected chi connectivity index (χ4v) is 3.00. The van der Waals surface area contributed by atoms with Crippen molar-refractivity contribution >= 4 is 11.9 Å². The Hall–Kier alpha value is -3.15. The minimum absolute atomic E-state index is 0.00539. The van der Waals surface area contributed by atoms with Crippen molar-refractivity contribution in [2.75, 3.05) is 6.61 Å². The van der Waals surface area contributed by atoms with Crippen molar-refractivity contribution in [3.8, 4) is 23.0 Å². The molecule has 10 nitrogen and oxygen atoms in total. The molecule has 31 heavy (non-hydrogen) atoms. The average molecular weight is 434 g/mol. The highest BCUT2D eigenvalue weighted by atomic mass is 16.7. The fourth-order valence-electron chi connectivity index (χ4n) is 3.00. The molecular weight excluding hydrogens is 412 g/mol. The van der Waals surface area contributed by atoms with E-state index in [-0.39, 0.29) is 22.8 Å². The summed E-state index contributed by atoms with van der Waals surface area (Å²) in [5.74, 6) is -1.61. The SMILES string of the molecule is O=C(/C=C/c1ccc(O)c(O)c1)c1ccc(OC2OC(CO)C(O)C(O)C2O)cc1O. The van der Waals surface area contributed by atoms with Crippen molar-refractivity contribution in [3.63, 3.8) is 0 Å². The summed E-state index contributed by atoms with van der Waals surface area (Å²) in [7, 11) is 0. The third kappa shape index (κ3) is 4.95. The van der Waals surface area contributed by atoms with Crippen LogP contribution in [0.15, 0.2) is 42.5 Å². The van der Waals surface area contributed by atoms with Crippen LogP contribution in [0.2, 0.25) is 0 Å². The van der Waals surface area contributed by atoms with Crippen LogP contribution in [0.4, 0.5) is 0 Å². The number of phenols is 3. The van der Waals surface area contributed by atoms with E-state index < -0.39 is 48.8 Å². The van der Waals surface area contributed by atoms with Crippen LogP contribution >= 0.6 is 0 Å². The van der Waals surface area contributed by atoms with Gasteiger partial charge in [-0.3, -0.25) is 4.79 Å². The lowest BCUT2D eigenvalue weighted by Gasteiger charge is -2.39. The van der Waals surface area contributed by atoms with E-state index in [9.17, 15) is 40.5 Å². The summed E-state index contributed by atoms with van der Waals surface area (Å²) >= 11 is 0. The second kappa shape index (κ2) is 9.33. The van der Waals surface area contributed by atoms with Crippen LogP contribution in [0.5, 0.6) is 23.0 Å². The molecule has 3 rings (SSSR count). The van der Waals surface area contributed by atoms with E-state index >= 15 is 0 Å². The molecule has 0 saturated carbocycles. The topological polar surface area (TPSA) is 177 Å². The zero-order valence-corrected chi connectivity index (χ0v) is 16.1. The smallest absolute Gasteiger partial charge is 0.229 e. The Bertz CT molecular complexity index is 971. The molecule has 1 heterocycles. The standard InChI is InChI=1S/C21H22O10/c22-9-17-18(27)19(28)20(29)21(31-17)30-11-3-4-12(15(25)8-11)13(23)5-1-10-2-6-14(24)16(26)7-10/h1-8,17-22,24-29H,9H2/b5-1+. The largest absolute Gasteiger partial charge is 0.507 e. The van der Waals surface area contributed by atoms with Gasteiger partial charge in [-0.25, -0.2) is 0 Å². The van der Waals surface area contributed by atoms with E-state index in [1.54, 1.807) is 0 Å². The van der Waals surface area contributed by atoms with Crippen LogP contribution in [0.1, 0.15) is 15.9 Å². The maximum atomic E-state index is 12.4. The molecule has 0 amide bonds. The number of aliphatic hydroxyl groups excluding tert-OH is 4. The highest BCUT2D eigenvalue weighted by Crippen LogP contribution is 2.29. The first kappa shape index (κ1) is 22.5. The second-order valence-corrected chi connectivity index (χ2v) is 6.94. The number of carbonyl (C=O) groups is 1. The Labute approximate surface area is 176 Å². The van der Waals surface area contributed by atoms with E-state index in [0.29, 0.717) is 5.56 Å². The number of hydrogen-bond donors (Lipinski definition) is 7. The molecule has 1 aliphatic heterocycles. The summed E-state index contributed by atoms with van der Waals surface area (Å²) in [6, 6.07) is 7.72. The number of aliphatic hydroxyl groups is 4. The lowest BCUT2D eigenvalue weighted by atomic mass is 9.99. The van der Waals surface area contributed by atoms with E-state index in [1.165, 1.54) is 42.5 Å². The van der Waals surface area contributed by atoms with Crippen molar-refractivity contribution in [3.05, 3.63) is 53.6 Å². The quantitative estimate of drug-likeness (QED) is 0.184. The number of carbonyl (C=O) groups excluding carboxylic acids is 1. The molecule has 166 valence electrons. The van der Waals surface area contributed by atoms with Gasteiger partial charge in [0.1, 0.15) is 35.9 Å². The van der Waals surface area contributed by atoms with Crippen LogP contribution in [-0.4, -0.2) is 78.8 Å². The van der Waals surface area contributed by atoms with E-state index in [4.69, 9.17) is 9.47 Å². The van der Waals surface area contributed by atoms with Crippen molar-refractivity contribution < 1.29 is 50.0 Å². The fraction of sp³-hybridized carbons (Fsp3) is 0.286. The van der Waals surface area contributed by atoms with Gasteiger partial charge < -0.3 is 45.2 Å². The summed E-state index contributed by atoms with van der Waals surface area (Å²) in [5, 5.41) is 67.8. The van der Waals surface area contributed by atoms with Gasteiger partial charge in [-0.15, -0.1) is 0 Å². The molecule has 1 fully saturated rings. The van der Waals surface area contributed by atoms with Crippen LogP contribution < -0.4 is 4.74 Å². The number of benzene rings is 2. The predicted molar refractivity (Wildman–Crippen MR) is 106 cm³/mol. The second-order valence-electron chi connectivity index (χ2n) is 6.94. The number of rotatable bonds is 6. The summed E-state index contributed by atoms with van der Waals surface area (Å²) < 4.78 is 10.6. The Morgan fingerprint density at radius 1 is 0.935 bits per heavy atom. The van der Waals surface area contributed by atoms with Gasteiger partial charge in [-0.1, -0.05) is 12.1 Å². The van der Waals surface area contributed by atoms with Gasteiger partial charge >= 0.3 is 0 Å². The van der Waals surface area contributed by atoms with E-state index in [2.05, 4.69) is 0 Å². The number of ether oxygens (including phenoxy) is 2. The zero-order chi connectivity index (χ0) is 22.7. The third-order valence-corrected chi connectivity index (χ3v) is 4.76.